The first-order valence-corrected chi connectivity index (χ1v) is 11.6. The molecule has 0 aliphatic carbocycles. The zero-order valence-electron chi connectivity index (χ0n) is 19.8. The Kier molecular flexibility index (Phi) is 7.79. The van der Waals surface area contributed by atoms with Crippen LogP contribution >= 0.6 is 0 Å². The zero-order chi connectivity index (χ0) is 24.1. The number of rotatable bonds is 9. The lowest BCUT2D eigenvalue weighted by molar-refractivity contribution is -0.139. The first-order valence-electron chi connectivity index (χ1n) is 11.6. The van der Waals surface area contributed by atoms with Gasteiger partial charge >= 0.3 is 0 Å². The molecule has 1 unspecified atom stereocenters. The van der Waals surface area contributed by atoms with E-state index in [2.05, 4.69) is 6.92 Å². The lowest BCUT2D eigenvalue weighted by Gasteiger charge is -2.25. The Morgan fingerprint density at radius 2 is 1.85 bits per heavy atom. The highest BCUT2D eigenvalue weighted by molar-refractivity contribution is 6.46. The van der Waals surface area contributed by atoms with Crippen LogP contribution in [0.3, 0.4) is 0 Å². The molecule has 6 nitrogen and oxygen atoms in total. The zero-order valence-corrected chi connectivity index (χ0v) is 19.8. The molecule has 1 aliphatic rings. The van der Waals surface area contributed by atoms with Crippen LogP contribution in [-0.4, -0.2) is 40.0 Å². The van der Waals surface area contributed by atoms with E-state index < -0.39 is 17.7 Å². The molecule has 6 heteroatoms. The van der Waals surface area contributed by atoms with E-state index in [1.54, 1.807) is 24.3 Å². The van der Waals surface area contributed by atoms with Crippen LogP contribution in [-0.2, 0) is 9.59 Å². The summed E-state index contributed by atoms with van der Waals surface area (Å²) >= 11 is 0. The molecule has 1 heterocycles. The third-order valence-electron chi connectivity index (χ3n) is 5.93. The van der Waals surface area contributed by atoms with Crippen molar-refractivity contribution >= 4 is 17.4 Å². The minimum absolute atomic E-state index is 0.0369. The third kappa shape index (κ3) is 5.05. The number of unbranched alkanes of at least 4 members (excludes halogenated alkanes) is 2. The van der Waals surface area contributed by atoms with Crippen molar-refractivity contribution in [2.75, 3.05) is 13.2 Å². The number of aliphatic hydroxyl groups is 1. The Morgan fingerprint density at radius 3 is 2.48 bits per heavy atom. The fourth-order valence-corrected chi connectivity index (χ4v) is 4.27. The van der Waals surface area contributed by atoms with Crippen molar-refractivity contribution in [3.63, 3.8) is 0 Å². The molecule has 33 heavy (non-hydrogen) atoms. The van der Waals surface area contributed by atoms with E-state index in [0.717, 1.165) is 30.6 Å². The second-order valence-corrected chi connectivity index (χ2v) is 8.63. The van der Waals surface area contributed by atoms with Gasteiger partial charge in [-0.05, 0) is 60.7 Å². The van der Waals surface area contributed by atoms with E-state index in [1.165, 1.54) is 17.0 Å². The predicted molar refractivity (Wildman–Crippen MR) is 128 cm³/mol. The largest absolute Gasteiger partial charge is 0.508 e. The SMILES string of the molecule is CCCCCN1C(=O)C(=O)/C(=C(\O)c2ccc(OCC)c(C(C)C)c2)C1c1cccc(O)c1. The van der Waals surface area contributed by atoms with E-state index in [1.807, 2.05) is 26.8 Å². The minimum Gasteiger partial charge on any atom is -0.508 e. The number of aromatic hydroxyl groups is 1. The third-order valence-corrected chi connectivity index (χ3v) is 5.93. The van der Waals surface area contributed by atoms with Crippen LogP contribution in [0.15, 0.2) is 48.0 Å². The summed E-state index contributed by atoms with van der Waals surface area (Å²) in [5.74, 6) is -0.654. The van der Waals surface area contributed by atoms with Crippen molar-refractivity contribution in [1.82, 2.24) is 4.90 Å². The number of Topliss-reactive ketones (excluding diaryl/α,β-unsaturated/α-hetero) is 1. The molecule has 2 N–H and O–H groups in total. The molecular formula is C27H33NO5. The number of nitrogens with zero attached hydrogens (tertiary/aromatic N) is 1. The highest BCUT2D eigenvalue weighted by Crippen LogP contribution is 2.41. The van der Waals surface area contributed by atoms with Crippen LogP contribution in [0.1, 0.15) is 75.6 Å². The van der Waals surface area contributed by atoms with Crippen LogP contribution < -0.4 is 4.74 Å². The Hall–Kier alpha value is -3.28. The molecule has 176 valence electrons. The molecule has 0 spiro atoms. The van der Waals surface area contributed by atoms with Crippen LogP contribution in [0.2, 0.25) is 0 Å². The van der Waals surface area contributed by atoms with Gasteiger partial charge in [-0.1, -0.05) is 45.7 Å². The molecule has 0 aromatic heterocycles. The fraction of sp³-hybridized carbons (Fsp3) is 0.407. The molecule has 0 saturated carbocycles. The van der Waals surface area contributed by atoms with E-state index in [9.17, 15) is 19.8 Å². The summed E-state index contributed by atoms with van der Waals surface area (Å²) in [7, 11) is 0. The number of hydrogen-bond acceptors (Lipinski definition) is 5. The van der Waals surface area contributed by atoms with Gasteiger partial charge in [0, 0.05) is 12.1 Å². The standard InChI is InChI=1S/C27H33NO5/c1-5-7-8-14-28-24(18-10-9-11-20(29)15-18)23(26(31)27(28)32)25(30)19-12-13-22(33-6-2)21(16-19)17(3)4/h9-13,15-17,24,29-30H,5-8,14H2,1-4H3/b25-23-. The summed E-state index contributed by atoms with van der Waals surface area (Å²) in [4.78, 5) is 27.6. The maximum atomic E-state index is 13.1. The lowest BCUT2D eigenvalue weighted by Crippen LogP contribution is -2.30. The van der Waals surface area contributed by atoms with Crippen molar-refractivity contribution in [1.29, 1.82) is 0 Å². The number of hydrogen-bond donors (Lipinski definition) is 2. The monoisotopic (exact) mass is 451 g/mol. The first kappa shape index (κ1) is 24.4. The van der Waals surface area contributed by atoms with Crippen LogP contribution in [0.5, 0.6) is 11.5 Å². The number of phenols is 1. The van der Waals surface area contributed by atoms with Crippen LogP contribution in [0.4, 0.5) is 0 Å². The quantitative estimate of drug-likeness (QED) is 0.227. The van der Waals surface area contributed by atoms with E-state index in [4.69, 9.17) is 4.74 Å². The van der Waals surface area contributed by atoms with Gasteiger partial charge in [0.05, 0.1) is 18.2 Å². The molecular weight excluding hydrogens is 418 g/mol. The minimum atomic E-state index is -0.761. The van der Waals surface area contributed by atoms with Gasteiger partial charge in [0.25, 0.3) is 11.7 Å². The maximum absolute atomic E-state index is 13.1. The number of carbonyl (C=O) groups excluding carboxylic acids is 2. The van der Waals surface area contributed by atoms with Gasteiger partial charge in [-0.2, -0.15) is 0 Å². The normalized spacial score (nSPS) is 17.7. The summed E-state index contributed by atoms with van der Waals surface area (Å²) in [5, 5.41) is 21.3. The summed E-state index contributed by atoms with van der Waals surface area (Å²) < 4.78 is 5.72. The molecule has 0 bridgehead atoms. The maximum Gasteiger partial charge on any atom is 0.295 e. The van der Waals surface area contributed by atoms with E-state index in [0.29, 0.717) is 24.3 Å². The molecule has 3 rings (SSSR count). The summed E-state index contributed by atoms with van der Waals surface area (Å²) in [6.07, 6.45) is 2.65. The highest BCUT2D eigenvalue weighted by Gasteiger charge is 2.45. The van der Waals surface area contributed by atoms with Crippen LogP contribution in [0, 0.1) is 0 Å². The lowest BCUT2D eigenvalue weighted by atomic mass is 9.93. The number of ether oxygens (including phenoxy) is 1. The molecule has 2 aromatic rings. The second kappa shape index (κ2) is 10.6. The highest BCUT2D eigenvalue weighted by atomic mass is 16.5. The second-order valence-electron chi connectivity index (χ2n) is 8.63. The number of likely N-dealkylation sites (tertiary alicyclic amines) is 1. The van der Waals surface area contributed by atoms with Crippen molar-refractivity contribution in [2.45, 2.75) is 58.9 Å². The van der Waals surface area contributed by atoms with E-state index in [-0.39, 0.29) is 23.0 Å². The van der Waals surface area contributed by atoms with Gasteiger partial charge < -0.3 is 19.8 Å². The summed E-state index contributed by atoms with van der Waals surface area (Å²) in [6, 6.07) is 11.0. The summed E-state index contributed by atoms with van der Waals surface area (Å²) in [6.45, 7) is 8.95. The van der Waals surface area contributed by atoms with E-state index >= 15 is 0 Å². The Morgan fingerprint density at radius 1 is 1.09 bits per heavy atom. The Labute approximate surface area is 195 Å². The van der Waals surface area contributed by atoms with Gasteiger partial charge in [0.15, 0.2) is 0 Å². The number of ketones is 1. The van der Waals surface area contributed by atoms with Crippen molar-refractivity contribution in [3.8, 4) is 11.5 Å². The van der Waals surface area contributed by atoms with Crippen molar-refractivity contribution < 1.29 is 24.5 Å². The number of carbonyl (C=O) groups is 2. The molecule has 1 fully saturated rings. The van der Waals surface area contributed by atoms with Crippen LogP contribution in [0.25, 0.3) is 5.76 Å². The number of phenolic OH excluding ortho intramolecular Hbond substituents is 1. The smallest absolute Gasteiger partial charge is 0.295 e. The van der Waals surface area contributed by atoms with Gasteiger partial charge in [-0.3, -0.25) is 9.59 Å². The average Bonchev–Trinajstić information content (AvgIpc) is 3.04. The molecule has 0 radical (unpaired) electrons. The first-order chi connectivity index (χ1) is 15.8. The topological polar surface area (TPSA) is 87.1 Å². The Bertz CT molecular complexity index is 1060. The predicted octanol–water partition coefficient (Wildman–Crippen LogP) is 5.53. The molecule has 1 aliphatic heterocycles. The molecule has 1 amide bonds. The van der Waals surface area contributed by atoms with Gasteiger partial charge in [0.2, 0.25) is 0 Å². The Balaban J connectivity index is 2.15. The number of aliphatic hydroxyl groups excluding tert-OH is 1. The van der Waals surface area contributed by atoms with Crippen molar-refractivity contribution in [2.24, 2.45) is 0 Å². The van der Waals surface area contributed by atoms with Gasteiger partial charge in [-0.15, -0.1) is 0 Å². The number of amides is 1. The molecule has 2 aromatic carbocycles. The van der Waals surface area contributed by atoms with Crippen molar-refractivity contribution in [3.05, 3.63) is 64.7 Å². The van der Waals surface area contributed by atoms with Gasteiger partial charge in [0.1, 0.15) is 17.3 Å². The fourth-order valence-electron chi connectivity index (χ4n) is 4.27. The molecule has 1 saturated heterocycles. The average molecular weight is 452 g/mol. The number of benzene rings is 2. The van der Waals surface area contributed by atoms with Gasteiger partial charge in [-0.25, -0.2) is 0 Å². The summed E-state index contributed by atoms with van der Waals surface area (Å²) in [5.41, 5.74) is 1.99. The molecule has 1 atom stereocenters.